The number of aliphatic imine (C=N–C) groups is 1. The zero-order chi connectivity index (χ0) is 8.20. The maximum Gasteiger partial charge on any atom is 0.450 e. The predicted octanol–water partition coefficient (Wildman–Crippen LogP) is 1.49. The van der Waals surface area contributed by atoms with Gasteiger partial charge in [-0.05, 0) is 0 Å². The van der Waals surface area contributed by atoms with Crippen LogP contribution in [0.25, 0.3) is 0 Å². The number of nitrogens with one attached hydrogen (secondary N) is 2. The second kappa shape index (κ2) is 3.74. The van der Waals surface area contributed by atoms with Crippen LogP contribution in [0.1, 0.15) is 0 Å². The Balaban J connectivity index is 3.98. The molecule has 0 saturated carbocycles. The monoisotopic (exact) mass is 265 g/mol. The molecule has 0 rings (SSSR count). The third kappa shape index (κ3) is 3.64. The Morgan fingerprint density at radius 3 is 2.40 bits per heavy atom. The molecule has 58 valence electrons. The van der Waals surface area contributed by atoms with E-state index in [2.05, 4.69) is 8.52 Å². The minimum Gasteiger partial charge on any atom is -0.319 e. The van der Waals surface area contributed by atoms with Crippen LogP contribution in [0.2, 0.25) is 0 Å². The second-order valence-electron chi connectivity index (χ2n) is 1.21. The van der Waals surface area contributed by atoms with Crippen LogP contribution in [0.4, 0.5) is 13.2 Å². The van der Waals surface area contributed by atoms with E-state index >= 15 is 0 Å². The lowest BCUT2D eigenvalue weighted by Gasteiger charge is -2.00. The molecule has 0 spiro atoms. The first-order valence-electron chi connectivity index (χ1n) is 2.03. The van der Waals surface area contributed by atoms with Crippen molar-refractivity contribution in [2.24, 2.45) is 4.99 Å². The van der Waals surface area contributed by atoms with Gasteiger partial charge in [-0.3, -0.25) is 5.41 Å². The van der Waals surface area contributed by atoms with Gasteiger partial charge in [-0.1, -0.05) is 0 Å². The average Bonchev–Trinajstić information content (AvgIpc) is 1.80. The van der Waals surface area contributed by atoms with E-state index < -0.39 is 12.0 Å². The Kier molecular flexibility index (Phi) is 3.61. The summed E-state index contributed by atoms with van der Waals surface area (Å²) in [5.41, 5.74) is 0. The van der Waals surface area contributed by atoms with Gasteiger partial charge in [-0.25, -0.2) is 4.99 Å². The third-order valence-electron chi connectivity index (χ3n) is 0.511. The molecule has 0 radical (unpaired) electrons. The molecular weight excluding hydrogens is 262 g/mol. The van der Waals surface area contributed by atoms with E-state index in [-0.39, 0.29) is 0 Å². The third-order valence-corrected chi connectivity index (χ3v) is 0.789. The highest BCUT2D eigenvalue weighted by Gasteiger charge is 2.34. The van der Waals surface area contributed by atoms with Crippen LogP contribution < -0.4 is 3.53 Å². The molecule has 0 aliphatic carbocycles. The van der Waals surface area contributed by atoms with Gasteiger partial charge in [0.2, 0.25) is 5.84 Å². The summed E-state index contributed by atoms with van der Waals surface area (Å²) in [7, 11) is 0. The van der Waals surface area contributed by atoms with Gasteiger partial charge in [0.05, 0.1) is 29.2 Å². The van der Waals surface area contributed by atoms with Crippen molar-refractivity contribution in [1.29, 1.82) is 5.41 Å². The molecule has 0 saturated heterocycles. The Hall–Kier alpha value is -0.340. The van der Waals surface area contributed by atoms with Crippen molar-refractivity contribution in [3.8, 4) is 0 Å². The van der Waals surface area contributed by atoms with E-state index in [1.54, 1.807) is 22.9 Å². The fourth-order valence-electron chi connectivity index (χ4n) is 0.162. The highest BCUT2D eigenvalue weighted by atomic mass is 127. The predicted molar refractivity (Wildman–Crippen MR) is 39.4 cm³/mol. The summed E-state index contributed by atoms with van der Waals surface area (Å²) < 4.78 is 36.4. The lowest BCUT2D eigenvalue weighted by Crippen LogP contribution is -2.20. The zero-order valence-corrected chi connectivity index (χ0v) is 6.69. The van der Waals surface area contributed by atoms with E-state index in [0.717, 1.165) is 6.34 Å². The Bertz CT molecular complexity index is 152. The molecule has 0 aromatic rings. The number of alkyl halides is 3. The summed E-state index contributed by atoms with van der Waals surface area (Å²) in [5, 5.41) is 6.28. The summed E-state index contributed by atoms with van der Waals surface area (Å²) in [6, 6.07) is 0. The summed E-state index contributed by atoms with van der Waals surface area (Å²) >= 11 is 1.59. The maximum atomic E-state index is 11.4. The standard InChI is InChI=1S/C3H3F3IN3/c4-3(5,6)2(8)9-1-10-7/h1H,(H2,8,9,10). The van der Waals surface area contributed by atoms with Gasteiger partial charge >= 0.3 is 6.18 Å². The molecule has 7 heteroatoms. The van der Waals surface area contributed by atoms with Crippen molar-refractivity contribution in [3.63, 3.8) is 0 Å². The molecule has 0 atom stereocenters. The molecule has 0 heterocycles. The fourth-order valence-corrected chi connectivity index (χ4v) is 0.301. The first-order valence-corrected chi connectivity index (χ1v) is 3.11. The topological polar surface area (TPSA) is 48.2 Å². The number of hydrogen-bond donors (Lipinski definition) is 2. The molecule has 2 N–H and O–H groups in total. The molecule has 0 fully saturated rings. The van der Waals surface area contributed by atoms with Gasteiger partial charge in [0.25, 0.3) is 0 Å². The number of rotatable bonds is 1. The fraction of sp³-hybridized carbons (Fsp3) is 0.333. The van der Waals surface area contributed by atoms with Crippen LogP contribution in [-0.4, -0.2) is 18.4 Å². The molecule has 0 amide bonds. The summed E-state index contributed by atoms with van der Waals surface area (Å²) in [6.07, 6.45) is -3.86. The van der Waals surface area contributed by atoms with Gasteiger partial charge in [-0.15, -0.1) is 0 Å². The molecule has 3 nitrogen and oxygen atoms in total. The Morgan fingerprint density at radius 2 is 2.10 bits per heavy atom. The lowest BCUT2D eigenvalue weighted by atomic mass is 10.6. The average molecular weight is 265 g/mol. The molecule has 0 unspecified atom stereocenters. The maximum absolute atomic E-state index is 11.4. The van der Waals surface area contributed by atoms with Gasteiger partial charge < -0.3 is 3.53 Å². The number of hydrogen-bond acceptors (Lipinski definition) is 1. The normalized spacial score (nSPS) is 12.0. The lowest BCUT2D eigenvalue weighted by molar-refractivity contribution is -0.0604. The highest BCUT2D eigenvalue weighted by molar-refractivity contribution is 14.1. The molecule has 0 aliphatic rings. The van der Waals surface area contributed by atoms with Crippen LogP contribution in [0, 0.1) is 5.41 Å². The van der Waals surface area contributed by atoms with Crippen molar-refractivity contribution in [1.82, 2.24) is 3.53 Å². The molecule has 0 aromatic heterocycles. The van der Waals surface area contributed by atoms with E-state index in [1.165, 1.54) is 0 Å². The van der Waals surface area contributed by atoms with Crippen molar-refractivity contribution < 1.29 is 13.2 Å². The van der Waals surface area contributed by atoms with Crippen molar-refractivity contribution in [2.45, 2.75) is 6.18 Å². The summed E-state index contributed by atoms with van der Waals surface area (Å²) in [6.45, 7) is 0. The SMILES string of the molecule is N=C(/N=C\NI)C(F)(F)F. The minimum atomic E-state index is -4.65. The van der Waals surface area contributed by atoms with Crippen LogP contribution >= 0.6 is 22.9 Å². The quantitative estimate of drug-likeness (QED) is 0.321. The highest BCUT2D eigenvalue weighted by Crippen LogP contribution is 2.16. The van der Waals surface area contributed by atoms with Crippen LogP contribution in [-0.2, 0) is 0 Å². The molecule has 0 bridgehead atoms. The largest absolute Gasteiger partial charge is 0.450 e. The number of amidine groups is 1. The summed E-state index contributed by atoms with van der Waals surface area (Å²) in [5.74, 6) is -1.61. The molecule has 0 aliphatic heterocycles. The van der Waals surface area contributed by atoms with Crippen molar-refractivity contribution >= 4 is 35.0 Å². The van der Waals surface area contributed by atoms with Gasteiger partial charge in [-0.2, -0.15) is 13.2 Å². The van der Waals surface area contributed by atoms with E-state index in [0.29, 0.717) is 0 Å². The van der Waals surface area contributed by atoms with Crippen molar-refractivity contribution in [2.75, 3.05) is 0 Å². The smallest absolute Gasteiger partial charge is 0.319 e. The first-order chi connectivity index (χ1) is 4.48. The molecule has 0 aromatic carbocycles. The van der Waals surface area contributed by atoms with E-state index in [4.69, 9.17) is 5.41 Å². The molecule has 10 heavy (non-hydrogen) atoms. The minimum absolute atomic E-state index is 0.788. The van der Waals surface area contributed by atoms with Crippen molar-refractivity contribution in [3.05, 3.63) is 0 Å². The van der Waals surface area contributed by atoms with Crippen LogP contribution in [0.15, 0.2) is 4.99 Å². The molecular formula is C3H3F3IN3. The van der Waals surface area contributed by atoms with Gasteiger partial charge in [0, 0.05) is 0 Å². The number of halogens is 4. The van der Waals surface area contributed by atoms with E-state index in [9.17, 15) is 13.2 Å². The van der Waals surface area contributed by atoms with Crippen LogP contribution in [0.3, 0.4) is 0 Å². The Morgan fingerprint density at radius 1 is 1.60 bits per heavy atom. The van der Waals surface area contributed by atoms with E-state index in [1.807, 2.05) is 0 Å². The Labute approximate surface area is 68.7 Å². The van der Waals surface area contributed by atoms with Crippen LogP contribution in [0.5, 0.6) is 0 Å². The first kappa shape index (κ1) is 9.66. The van der Waals surface area contributed by atoms with Gasteiger partial charge in [0.1, 0.15) is 0 Å². The second-order valence-corrected chi connectivity index (χ2v) is 1.84. The zero-order valence-electron chi connectivity index (χ0n) is 4.54. The summed E-state index contributed by atoms with van der Waals surface area (Å²) in [4.78, 5) is 2.73. The van der Waals surface area contributed by atoms with Gasteiger partial charge in [0.15, 0.2) is 0 Å². The number of nitrogens with zero attached hydrogens (tertiary/aromatic N) is 1.